The summed E-state index contributed by atoms with van der Waals surface area (Å²) in [4.78, 5) is 0. The molecule has 0 amide bonds. The maximum absolute atomic E-state index is 6.16. The Bertz CT molecular complexity index is 733. The second-order valence-electron chi connectivity index (χ2n) is 9.34. The molecule has 0 atom stereocenters. The molecular weight excluding hydrogens is 418 g/mol. The smallest absolute Gasteiger partial charge is 0.125 e. The van der Waals surface area contributed by atoms with Crippen LogP contribution in [-0.4, -0.2) is 44.9 Å². The Hall–Kier alpha value is -1.55. The summed E-state index contributed by atoms with van der Waals surface area (Å²) in [6.45, 7) is 8.42. The molecule has 0 aliphatic carbocycles. The first-order valence-corrected chi connectivity index (χ1v) is 12.2. The zero-order valence-electron chi connectivity index (χ0n) is 20.7. The van der Waals surface area contributed by atoms with Crippen molar-refractivity contribution in [1.82, 2.24) is 0 Å². The van der Waals surface area contributed by atoms with Gasteiger partial charge in [-0.05, 0) is 30.9 Å². The number of halogens is 1. The molecule has 2 rings (SSSR count). The van der Waals surface area contributed by atoms with E-state index in [2.05, 4.69) is 76.5 Å². The van der Waals surface area contributed by atoms with Gasteiger partial charge in [-0.3, -0.25) is 0 Å². The van der Waals surface area contributed by atoms with E-state index in [1.54, 1.807) is 0 Å². The van der Waals surface area contributed by atoms with Crippen molar-refractivity contribution in [2.24, 2.45) is 0 Å². The Kier molecular flexibility index (Phi) is 14.4. The zero-order chi connectivity index (χ0) is 22.4. The number of likely N-dealkylation sites (N-methyl/N-ethyl adjacent to an activating group) is 1. The van der Waals surface area contributed by atoms with Gasteiger partial charge < -0.3 is 26.4 Å². The number of aryl methyl sites for hydroxylation is 2. The second-order valence-corrected chi connectivity index (χ2v) is 9.34. The van der Waals surface area contributed by atoms with Crippen LogP contribution in [-0.2, 0) is 17.7 Å². The van der Waals surface area contributed by atoms with E-state index < -0.39 is 0 Å². The quantitative estimate of drug-likeness (QED) is 0.281. The van der Waals surface area contributed by atoms with Crippen LogP contribution in [0.25, 0.3) is 0 Å². The van der Waals surface area contributed by atoms with Gasteiger partial charge in [0.1, 0.15) is 25.4 Å². The van der Waals surface area contributed by atoms with Gasteiger partial charge in [0.2, 0.25) is 0 Å². The lowest BCUT2D eigenvalue weighted by molar-refractivity contribution is -0.904. The van der Waals surface area contributed by atoms with E-state index in [0.717, 1.165) is 36.3 Å². The third kappa shape index (κ3) is 11.4. The fourth-order valence-corrected chi connectivity index (χ4v) is 3.99. The topological polar surface area (TPSA) is 18.5 Å². The lowest BCUT2D eigenvalue weighted by atomic mass is 10.0. The third-order valence-electron chi connectivity index (χ3n) is 5.86. The molecule has 32 heavy (non-hydrogen) atoms. The van der Waals surface area contributed by atoms with Crippen LogP contribution in [0, 0.1) is 6.92 Å². The standard InChI is InChI=1S/C28H44NO2.ClH/c1-5-6-7-8-9-13-18-27-19-14-15-25(2)28(27)31-23-22-30-21-20-29(3,4)24-26-16-11-10-12-17-26;/h10-12,14-17,19H,5-9,13,18,20-24H2,1-4H3;1H/q+1;/p-1. The molecule has 0 saturated carbocycles. The Labute approximate surface area is 203 Å². The van der Waals surface area contributed by atoms with Crippen molar-refractivity contribution >= 4 is 0 Å². The number of benzene rings is 2. The summed E-state index contributed by atoms with van der Waals surface area (Å²) >= 11 is 0. The summed E-state index contributed by atoms with van der Waals surface area (Å²) in [5.74, 6) is 1.07. The second kappa shape index (κ2) is 16.1. The Morgan fingerprint density at radius 3 is 2.25 bits per heavy atom. The molecule has 4 heteroatoms. The van der Waals surface area contributed by atoms with E-state index in [9.17, 15) is 0 Å². The molecule has 0 fully saturated rings. The molecular formula is C28H44ClNO2. The van der Waals surface area contributed by atoms with Crippen molar-refractivity contribution < 1.29 is 26.4 Å². The molecule has 0 unspecified atom stereocenters. The molecule has 0 aromatic heterocycles. The van der Waals surface area contributed by atoms with Gasteiger partial charge in [-0.15, -0.1) is 0 Å². The summed E-state index contributed by atoms with van der Waals surface area (Å²) in [5, 5.41) is 0. The van der Waals surface area contributed by atoms with Gasteiger partial charge in [0.25, 0.3) is 0 Å². The highest BCUT2D eigenvalue weighted by molar-refractivity contribution is 5.40. The minimum absolute atomic E-state index is 0. The molecule has 3 nitrogen and oxygen atoms in total. The average Bonchev–Trinajstić information content (AvgIpc) is 2.75. The maximum atomic E-state index is 6.16. The van der Waals surface area contributed by atoms with E-state index in [1.165, 1.54) is 55.2 Å². The zero-order valence-corrected chi connectivity index (χ0v) is 21.5. The molecule has 0 spiro atoms. The van der Waals surface area contributed by atoms with Gasteiger partial charge in [0, 0.05) is 5.56 Å². The molecule has 2 aromatic rings. The molecule has 180 valence electrons. The SMILES string of the molecule is CCCCCCCCc1cccc(C)c1OCCOCC[N+](C)(C)Cc1ccccc1.[Cl-]. The molecule has 0 aliphatic rings. The Morgan fingerprint density at radius 2 is 1.50 bits per heavy atom. The third-order valence-corrected chi connectivity index (χ3v) is 5.86. The highest BCUT2D eigenvalue weighted by Gasteiger charge is 2.15. The molecule has 2 aromatic carbocycles. The van der Waals surface area contributed by atoms with Gasteiger partial charge in [-0.2, -0.15) is 0 Å². The predicted molar refractivity (Wildman–Crippen MR) is 132 cm³/mol. The number of rotatable bonds is 16. The van der Waals surface area contributed by atoms with Gasteiger partial charge in [0.15, 0.2) is 0 Å². The van der Waals surface area contributed by atoms with Gasteiger partial charge in [0.05, 0.1) is 27.3 Å². The predicted octanol–water partition coefficient (Wildman–Crippen LogP) is 3.57. The highest BCUT2D eigenvalue weighted by Crippen LogP contribution is 2.25. The number of unbranched alkanes of at least 4 members (excludes halogenated alkanes) is 5. The summed E-state index contributed by atoms with van der Waals surface area (Å²) in [6.07, 6.45) is 9.05. The summed E-state index contributed by atoms with van der Waals surface area (Å²) in [7, 11) is 4.52. The van der Waals surface area contributed by atoms with Crippen LogP contribution in [0.4, 0.5) is 0 Å². The molecule has 0 radical (unpaired) electrons. The Morgan fingerprint density at radius 1 is 0.781 bits per heavy atom. The minimum atomic E-state index is 0. The van der Waals surface area contributed by atoms with Crippen LogP contribution in [0.3, 0.4) is 0 Å². The highest BCUT2D eigenvalue weighted by atomic mass is 35.5. The Balaban J connectivity index is 0.00000512. The van der Waals surface area contributed by atoms with Crippen molar-refractivity contribution in [3.05, 3.63) is 65.2 Å². The number of hydrogen-bond donors (Lipinski definition) is 0. The normalized spacial score (nSPS) is 11.2. The minimum Gasteiger partial charge on any atom is -1.00 e. The van der Waals surface area contributed by atoms with E-state index in [4.69, 9.17) is 9.47 Å². The van der Waals surface area contributed by atoms with Crippen LogP contribution in [0.15, 0.2) is 48.5 Å². The van der Waals surface area contributed by atoms with E-state index >= 15 is 0 Å². The van der Waals surface area contributed by atoms with Crippen LogP contribution < -0.4 is 17.1 Å². The van der Waals surface area contributed by atoms with Crippen molar-refractivity contribution in [2.75, 3.05) is 40.5 Å². The molecule has 0 saturated heterocycles. The van der Waals surface area contributed by atoms with Crippen LogP contribution in [0.2, 0.25) is 0 Å². The summed E-state index contributed by atoms with van der Waals surface area (Å²) < 4.78 is 13.0. The van der Waals surface area contributed by atoms with Crippen LogP contribution in [0.1, 0.15) is 62.1 Å². The van der Waals surface area contributed by atoms with Crippen molar-refractivity contribution in [2.45, 2.75) is 65.3 Å². The van der Waals surface area contributed by atoms with Crippen LogP contribution in [0.5, 0.6) is 5.75 Å². The van der Waals surface area contributed by atoms with E-state index in [-0.39, 0.29) is 12.4 Å². The van der Waals surface area contributed by atoms with Crippen molar-refractivity contribution in [3.8, 4) is 5.75 Å². The molecule has 0 heterocycles. The average molecular weight is 462 g/mol. The van der Waals surface area contributed by atoms with Gasteiger partial charge >= 0.3 is 0 Å². The fourth-order valence-electron chi connectivity index (χ4n) is 3.99. The number of hydrogen-bond acceptors (Lipinski definition) is 2. The number of ether oxygens (including phenoxy) is 2. The number of nitrogens with zero attached hydrogens (tertiary/aromatic N) is 1. The first kappa shape index (κ1) is 28.5. The lowest BCUT2D eigenvalue weighted by Gasteiger charge is -2.29. The monoisotopic (exact) mass is 461 g/mol. The van der Waals surface area contributed by atoms with Crippen molar-refractivity contribution in [3.63, 3.8) is 0 Å². The summed E-state index contributed by atoms with van der Waals surface area (Å²) in [5.41, 5.74) is 3.94. The number of para-hydroxylation sites is 1. The van der Waals surface area contributed by atoms with Gasteiger partial charge in [-0.25, -0.2) is 0 Å². The van der Waals surface area contributed by atoms with Gasteiger partial charge in [-0.1, -0.05) is 87.6 Å². The van der Waals surface area contributed by atoms with E-state index in [0.29, 0.717) is 13.2 Å². The molecule has 0 N–H and O–H groups in total. The van der Waals surface area contributed by atoms with Crippen LogP contribution >= 0.6 is 0 Å². The fraction of sp³-hybridized carbons (Fsp3) is 0.571. The molecule has 0 bridgehead atoms. The lowest BCUT2D eigenvalue weighted by Crippen LogP contribution is -3.00. The first-order valence-electron chi connectivity index (χ1n) is 12.2. The van der Waals surface area contributed by atoms with Crippen molar-refractivity contribution in [1.29, 1.82) is 0 Å². The maximum Gasteiger partial charge on any atom is 0.125 e. The van der Waals surface area contributed by atoms with E-state index in [1.807, 2.05) is 0 Å². The molecule has 0 aliphatic heterocycles. The largest absolute Gasteiger partial charge is 1.00 e. The summed E-state index contributed by atoms with van der Waals surface area (Å²) in [6, 6.07) is 17.2. The number of quaternary nitrogens is 1. The first-order chi connectivity index (χ1) is 15.0.